The fourth-order valence-electron chi connectivity index (χ4n) is 2.02. The molecule has 0 saturated carbocycles. The highest BCUT2D eigenvalue weighted by Gasteiger charge is 2.14. The summed E-state index contributed by atoms with van der Waals surface area (Å²) >= 11 is 0. The van der Waals surface area contributed by atoms with E-state index in [0.29, 0.717) is 17.9 Å². The van der Waals surface area contributed by atoms with Gasteiger partial charge in [0.05, 0.1) is 23.0 Å². The molecule has 0 aliphatic rings. The summed E-state index contributed by atoms with van der Waals surface area (Å²) in [5.41, 5.74) is 6.78. The molecular formula is C15H15FN4O. The quantitative estimate of drug-likeness (QED) is 0.906. The van der Waals surface area contributed by atoms with Crippen LogP contribution in [0.2, 0.25) is 0 Å². The van der Waals surface area contributed by atoms with Gasteiger partial charge in [-0.3, -0.25) is 4.79 Å². The minimum atomic E-state index is -0.649. The number of carbonyl (C=O) groups excluding carboxylic acids is 1. The van der Waals surface area contributed by atoms with Crippen molar-refractivity contribution < 1.29 is 9.18 Å². The van der Waals surface area contributed by atoms with E-state index in [1.54, 1.807) is 16.8 Å². The monoisotopic (exact) mass is 286 g/mol. The molecule has 1 aromatic heterocycles. The summed E-state index contributed by atoms with van der Waals surface area (Å²) in [7, 11) is 0. The van der Waals surface area contributed by atoms with Gasteiger partial charge in [0, 0.05) is 12.7 Å². The van der Waals surface area contributed by atoms with Gasteiger partial charge in [-0.1, -0.05) is 6.92 Å². The fraction of sp³-hybridized carbons (Fsp3) is 0.200. The molecule has 0 atom stereocenters. The number of nitrogens with one attached hydrogen (secondary N) is 1. The van der Waals surface area contributed by atoms with E-state index in [9.17, 15) is 9.18 Å². The highest BCUT2D eigenvalue weighted by molar-refractivity contribution is 6.03. The number of rotatable bonds is 4. The highest BCUT2D eigenvalue weighted by atomic mass is 19.1. The molecule has 2 rings (SSSR count). The van der Waals surface area contributed by atoms with Crippen LogP contribution in [0.25, 0.3) is 0 Å². The number of amides is 1. The minimum Gasteiger partial charge on any atom is -0.397 e. The lowest BCUT2D eigenvalue weighted by molar-refractivity contribution is 0.101. The second kappa shape index (κ2) is 6.09. The topological polar surface area (TPSA) is 83.8 Å². The molecule has 0 bridgehead atoms. The van der Waals surface area contributed by atoms with Crippen molar-refractivity contribution >= 4 is 17.3 Å². The SMILES string of the molecule is CCCn1cc(N)cc1C(=O)Nc1ccc(C#N)cc1F. The van der Waals surface area contributed by atoms with Crippen molar-refractivity contribution in [3.8, 4) is 6.07 Å². The molecular weight excluding hydrogens is 271 g/mol. The van der Waals surface area contributed by atoms with Crippen molar-refractivity contribution in [2.75, 3.05) is 11.1 Å². The summed E-state index contributed by atoms with van der Waals surface area (Å²) in [6, 6.07) is 7.27. The molecule has 0 aliphatic heterocycles. The lowest BCUT2D eigenvalue weighted by atomic mass is 10.2. The molecule has 2 aromatic rings. The van der Waals surface area contributed by atoms with Crippen molar-refractivity contribution in [1.29, 1.82) is 5.26 Å². The number of halogens is 1. The number of anilines is 2. The number of hydrogen-bond acceptors (Lipinski definition) is 3. The zero-order valence-corrected chi connectivity index (χ0v) is 11.6. The van der Waals surface area contributed by atoms with E-state index in [0.717, 1.165) is 12.5 Å². The first-order chi connectivity index (χ1) is 10.0. The first kappa shape index (κ1) is 14.6. The van der Waals surface area contributed by atoms with Crippen LogP contribution in [0.5, 0.6) is 0 Å². The normalized spacial score (nSPS) is 10.1. The van der Waals surface area contributed by atoms with E-state index < -0.39 is 11.7 Å². The van der Waals surface area contributed by atoms with Gasteiger partial charge in [0.25, 0.3) is 5.91 Å². The Morgan fingerprint density at radius 2 is 2.24 bits per heavy atom. The van der Waals surface area contributed by atoms with Crippen molar-refractivity contribution in [3.63, 3.8) is 0 Å². The number of nitrogens with zero attached hydrogens (tertiary/aromatic N) is 2. The number of nitriles is 1. The Morgan fingerprint density at radius 3 is 2.86 bits per heavy atom. The van der Waals surface area contributed by atoms with Crippen LogP contribution in [0, 0.1) is 17.1 Å². The molecule has 0 spiro atoms. The van der Waals surface area contributed by atoms with Crippen molar-refractivity contribution in [2.24, 2.45) is 0 Å². The average molecular weight is 286 g/mol. The summed E-state index contributed by atoms with van der Waals surface area (Å²) in [5, 5.41) is 11.2. The molecule has 3 N–H and O–H groups in total. The lowest BCUT2D eigenvalue weighted by Gasteiger charge is -2.09. The van der Waals surface area contributed by atoms with E-state index in [-0.39, 0.29) is 11.3 Å². The highest BCUT2D eigenvalue weighted by Crippen LogP contribution is 2.18. The summed E-state index contributed by atoms with van der Waals surface area (Å²) in [5.74, 6) is -1.09. The van der Waals surface area contributed by atoms with Crippen LogP contribution in [-0.2, 0) is 6.54 Å². The third-order valence-corrected chi connectivity index (χ3v) is 2.96. The van der Waals surface area contributed by atoms with Crippen molar-refractivity contribution in [1.82, 2.24) is 4.57 Å². The maximum absolute atomic E-state index is 13.8. The first-order valence-electron chi connectivity index (χ1n) is 6.51. The number of benzene rings is 1. The number of nitrogens with two attached hydrogens (primary N) is 1. The summed E-state index contributed by atoms with van der Waals surface area (Å²) < 4.78 is 15.5. The van der Waals surface area contributed by atoms with Gasteiger partial charge in [0.1, 0.15) is 11.5 Å². The van der Waals surface area contributed by atoms with E-state index in [4.69, 9.17) is 11.0 Å². The maximum Gasteiger partial charge on any atom is 0.272 e. The second-order valence-electron chi connectivity index (χ2n) is 4.61. The van der Waals surface area contributed by atoms with E-state index in [1.165, 1.54) is 12.1 Å². The Hall–Kier alpha value is -2.81. The molecule has 0 radical (unpaired) electrons. The minimum absolute atomic E-state index is 0.0295. The van der Waals surface area contributed by atoms with Crippen LogP contribution in [0.3, 0.4) is 0 Å². The Kier molecular flexibility index (Phi) is 4.24. The molecule has 0 unspecified atom stereocenters. The van der Waals surface area contributed by atoms with Crippen LogP contribution in [-0.4, -0.2) is 10.5 Å². The molecule has 0 saturated heterocycles. The number of aryl methyl sites for hydroxylation is 1. The molecule has 1 amide bonds. The lowest BCUT2D eigenvalue weighted by Crippen LogP contribution is -2.17. The molecule has 108 valence electrons. The summed E-state index contributed by atoms with van der Waals surface area (Å²) in [6.07, 6.45) is 2.52. The number of hydrogen-bond donors (Lipinski definition) is 2. The van der Waals surface area contributed by atoms with Crippen LogP contribution in [0.15, 0.2) is 30.5 Å². The van der Waals surface area contributed by atoms with Gasteiger partial charge in [0.2, 0.25) is 0 Å². The smallest absolute Gasteiger partial charge is 0.272 e. The van der Waals surface area contributed by atoms with Crippen LogP contribution < -0.4 is 11.1 Å². The maximum atomic E-state index is 13.8. The van der Waals surface area contributed by atoms with Gasteiger partial charge in [-0.05, 0) is 30.7 Å². The van der Waals surface area contributed by atoms with E-state index >= 15 is 0 Å². The summed E-state index contributed by atoms with van der Waals surface area (Å²) in [6.45, 7) is 2.63. The third-order valence-electron chi connectivity index (χ3n) is 2.96. The molecule has 0 fully saturated rings. The van der Waals surface area contributed by atoms with Gasteiger partial charge in [0.15, 0.2) is 0 Å². The first-order valence-corrected chi connectivity index (χ1v) is 6.51. The second-order valence-corrected chi connectivity index (χ2v) is 4.61. The number of aromatic nitrogens is 1. The Balaban J connectivity index is 2.24. The predicted octanol–water partition coefficient (Wildman–Crippen LogP) is 2.74. The average Bonchev–Trinajstić information content (AvgIpc) is 2.82. The molecule has 0 aliphatic carbocycles. The molecule has 6 heteroatoms. The predicted molar refractivity (Wildman–Crippen MR) is 78.2 cm³/mol. The zero-order chi connectivity index (χ0) is 15.4. The molecule has 5 nitrogen and oxygen atoms in total. The molecule has 21 heavy (non-hydrogen) atoms. The van der Waals surface area contributed by atoms with Gasteiger partial charge in [-0.25, -0.2) is 4.39 Å². The Labute approximate surface area is 121 Å². The molecule has 1 aromatic carbocycles. The van der Waals surface area contributed by atoms with Crippen LogP contribution >= 0.6 is 0 Å². The van der Waals surface area contributed by atoms with Gasteiger partial charge < -0.3 is 15.6 Å². The van der Waals surface area contributed by atoms with Gasteiger partial charge in [-0.15, -0.1) is 0 Å². The Bertz CT molecular complexity index is 715. The fourth-order valence-corrected chi connectivity index (χ4v) is 2.02. The molecule has 1 heterocycles. The van der Waals surface area contributed by atoms with E-state index in [2.05, 4.69) is 5.32 Å². The van der Waals surface area contributed by atoms with E-state index in [1.807, 2.05) is 13.0 Å². The number of carbonyl (C=O) groups is 1. The Morgan fingerprint density at radius 1 is 1.48 bits per heavy atom. The standard InChI is InChI=1S/C15H15FN4O/c1-2-5-20-9-11(18)7-14(20)15(21)19-13-4-3-10(8-17)6-12(13)16/h3-4,6-7,9H,2,5,18H2,1H3,(H,19,21). The summed E-state index contributed by atoms with van der Waals surface area (Å²) in [4.78, 5) is 12.2. The number of nitrogen functional groups attached to an aromatic ring is 1. The van der Waals surface area contributed by atoms with Gasteiger partial charge >= 0.3 is 0 Å². The van der Waals surface area contributed by atoms with Crippen LogP contribution in [0.4, 0.5) is 15.8 Å². The van der Waals surface area contributed by atoms with Crippen molar-refractivity contribution in [3.05, 3.63) is 47.5 Å². The van der Waals surface area contributed by atoms with Crippen LogP contribution in [0.1, 0.15) is 29.4 Å². The zero-order valence-electron chi connectivity index (χ0n) is 11.6. The van der Waals surface area contributed by atoms with Crippen molar-refractivity contribution in [2.45, 2.75) is 19.9 Å². The third kappa shape index (κ3) is 3.20. The van der Waals surface area contributed by atoms with Gasteiger partial charge in [-0.2, -0.15) is 5.26 Å². The largest absolute Gasteiger partial charge is 0.397 e.